The first-order chi connectivity index (χ1) is 7.91. The van der Waals surface area contributed by atoms with Gasteiger partial charge in [0.1, 0.15) is 0 Å². The van der Waals surface area contributed by atoms with E-state index in [-0.39, 0.29) is 0 Å². The maximum Gasteiger partial charge on any atom is 0.305 e. The van der Waals surface area contributed by atoms with Gasteiger partial charge in [0.15, 0.2) is 0 Å². The van der Waals surface area contributed by atoms with Crippen molar-refractivity contribution in [2.45, 2.75) is 19.4 Å². The smallest absolute Gasteiger partial charge is 0.305 e. The number of nitrogens with one attached hydrogen (secondary N) is 1. The van der Waals surface area contributed by atoms with Crippen molar-refractivity contribution >= 4 is 29.2 Å². The highest BCUT2D eigenvalue weighted by Crippen LogP contribution is 2.25. The predicted octanol–water partition coefficient (Wildman–Crippen LogP) is 1.39. The van der Waals surface area contributed by atoms with Gasteiger partial charge in [0.2, 0.25) is 5.91 Å². The summed E-state index contributed by atoms with van der Waals surface area (Å²) < 4.78 is 0. The minimum atomic E-state index is -1.12. The van der Waals surface area contributed by atoms with E-state index in [2.05, 4.69) is 5.32 Å². The van der Waals surface area contributed by atoms with Gasteiger partial charge >= 0.3 is 5.97 Å². The van der Waals surface area contributed by atoms with Crippen LogP contribution in [-0.4, -0.2) is 23.0 Å². The summed E-state index contributed by atoms with van der Waals surface area (Å²) in [6.07, 6.45) is -0.421. The zero-order valence-electron chi connectivity index (χ0n) is 9.24. The van der Waals surface area contributed by atoms with Gasteiger partial charge in [-0.05, 0) is 18.6 Å². The van der Waals surface area contributed by atoms with Gasteiger partial charge in [-0.1, -0.05) is 23.7 Å². The molecule has 5 nitrogen and oxygen atoms in total. The number of carbonyl (C=O) groups excluding carboxylic acids is 1. The van der Waals surface area contributed by atoms with E-state index in [9.17, 15) is 9.59 Å². The lowest BCUT2D eigenvalue weighted by molar-refractivity contribution is -0.138. The van der Waals surface area contributed by atoms with Crippen LogP contribution in [0.3, 0.4) is 0 Å². The number of aryl methyl sites for hydroxylation is 1. The molecule has 0 saturated carbocycles. The molecular formula is C11H13ClN2O3. The van der Waals surface area contributed by atoms with Gasteiger partial charge < -0.3 is 16.2 Å². The average Bonchev–Trinajstić information content (AvgIpc) is 2.22. The molecule has 0 aliphatic rings. The fourth-order valence-electron chi connectivity index (χ4n) is 1.29. The fraction of sp³-hybridized carbons (Fsp3) is 0.273. The molecular weight excluding hydrogens is 244 g/mol. The van der Waals surface area contributed by atoms with Crippen LogP contribution in [0, 0.1) is 6.92 Å². The summed E-state index contributed by atoms with van der Waals surface area (Å²) in [5.74, 6) is -1.69. The van der Waals surface area contributed by atoms with Crippen molar-refractivity contribution in [2.75, 3.05) is 5.32 Å². The number of amides is 1. The van der Waals surface area contributed by atoms with Crippen LogP contribution in [-0.2, 0) is 9.59 Å². The highest BCUT2D eigenvalue weighted by molar-refractivity contribution is 6.34. The van der Waals surface area contributed by atoms with Crippen molar-refractivity contribution in [2.24, 2.45) is 5.73 Å². The van der Waals surface area contributed by atoms with Crippen molar-refractivity contribution in [1.82, 2.24) is 0 Å². The number of carboxylic acid groups (broad SMARTS) is 1. The molecule has 0 aliphatic carbocycles. The number of benzene rings is 1. The Bertz CT molecular complexity index is 428. The first-order valence-corrected chi connectivity index (χ1v) is 5.33. The van der Waals surface area contributed by atoms with Crippen molar-refractivity contribution in [1.29, 1.82) is 0 Å². The summed E-state index contributed by atoms with van der Waals surface area (Å²) in [6, 6.07) is 4.07. The van der Waals surface area contributed by atoms with Crippen LogP contribution in [0.15, 0.2) is 18.2 Å². The molecule has 6 heteroatoms. The molecule has 0 fully saturated rings. The van der Waals surface area contributed by atoms with Crippen molar-refractivity contribution in [3.8, 4) is 0 Å². The number of nitrogens with two attached hydrogens (primary N) is 1. The van der Waals surface area contributed by atoms with E-state index in [4.69, 9.17) is 22.4 Å². The number of halogens is 1. The number of para-hydroxylation sites is 1. The van der Waals surface area contributed by atoms with E-state index in [1.807, 2.05) is 0 Å². The van der Waals surface area contributed by atoms with Crippen LogP contribution in [0.25, 0.3) is 0 Å². The minimum absolute atomic E-state index is 0.390. The summed E-state index contributed by atoms with van der Waals surface area (Å²) in [7, 11) is 0. The molecule has 0 heterocycles. The molecule has 0 spiro atoms. The van der Waals surface area contributed by atoms with Crippen LogP contribution >= 0.6 is 11.6 Å². The van der Waals surface area contributed by atoms with Gasteiger partial charge in [-0.3, -0.25) is 9.59 Å². The van der Waals surface area contributed by atoms with E-state index in [0.717, 1.165) is 5.56 Å². The molecule has 1 amide bonds. The molecule has 17 heavy (non-hydrogen) atoms. The second kappa shape index (κ2) is 5.65. The summed E-state index contributed by atoms with van der Waals surface area (Å²) >= 11 is 5.91. The maximum atomic E-state index is 11.6. The van der Waals surface area contributed by atoms with Crippen molar-refractivity contribution in [3.63, 3.8) is 0 Å². The number of anilines is 1. The van der Waals surface area contributed by atoms with Gasteiger partial charge in [-0.2, -0.15) is 0 Å². The topological polar surface area (TPSA) is 92.4 Å². The number of hydrogen-bond acceptors (Lipinski definition) is 3. The molecule has 1 atom stereocenters. The highest BCUT2D eigenvalue weighted by atomic mass is 35.5. The van der Waals surface area contributed by atoms with Gasteiger partial charge in [-0.25, -0.2) is 0 Å². The standard InChI is InChI=1S/C11H13ClN2O3/c1-6-3-2-4-7(12)10(6)14-11(17)8(13)5-9(15)16/h2-4,8H,5,13H2,1H3,(H,14,17)(H,15,16). The van der Waals surface area contributed by atoms with E-state index in [1.165, 1.54) is 0 Å². The third kappa shape index (κ3) is 3.72. The maximum absolute atomic E-state index is 11.6. The van der Waals surface area contributed by atoms with Gasteiger partial charge in [0.25, 0.3) is 0 Å². The Morgan fingerprint density at radius 3 is 2.71 bits per heavy atom. The molecule has 1 unspecified atom stereocenters. The van der Waals surface area contributed by atoms with E-state index in [1.54, 1.807) is 25.1 Å². The first kappa shape index (κ1) is 13.5. The molecule has 0 aromatic heterocycles. The monoisotopic (exact) mass is 256 g/mol. The Morgan fingerprint density at radius 1 is 1.53 bits per heavy atom. The Hall–Kier alpha value is -1.59. The second-order valence-corrected chi connectivity index (χ2v) is 4.03. The van der Waals surface area contributed by atoms with Crippen LogP contribution in [0.5, 0.6) is 0 Å². The summed E-state index contributed by atoms with van der Waals surface area (Å²) in [5, 5.41) is 11.4. The second-order valence-electron chi connectivity index (χ2n) is 3.63. The molecule has 4 N–H and O–H groups in total. The van der Waals surface area contributed by atoms with Gasteiger partial charge in [0.05, 0.1) is 23.2 Å². The van der Waals surface area contributed by atoms with Gasteiger partial charge in [-0.15, -0.1) is 0 Å². The third-order valence-electron chi connectivity index (χ3n) is 2.20. The fourth-order valence-corrected chi connectivity index (χ4v) is 1.56. The van der Waals surface area contributed by atoms with Crippen LogP contribution in [0.2, 0.25) is 5.02 Å². The molecule has 0 bridgehead atoms. The summed E-state index contributed by atoms with van der Waals surface area (Å²) in [6.45, 7) is 1.78. The number of rotatable bonds is 4. The quantitative estimate of drug-likeness (QED) is 0.759. The highest BCUT2D eigenvalue weighted by Gasteiger charge is 2.18. The number of aliphatic carboxylic acids is 1. The average molecular weight is 257 g/mol. The molecule has 92 valence electrons. The van der Waals surface area contributed by atoms with E-state index >= 15 is 0 Å². The zero-order chi connectivity index (χ0) is 13.0. The zero-order valence-corrected chi connectivity index (χ0v) is 9.99. The molecule has 1 aromatic carbocycles. The number of carboxylic acids is 1. The minimum Gasteiger partial charge on any atom is -0.481 e. The molecule has 0 radical (unpaired) electrons. The Balaban J connectivity index is 2.78. The molecule has 0 saturated heterocycles. The number of hydrogen-bond donors (Lipinski definition) is 3. The molecule has 0 aliphatic heterocycles. The first-order valence-electron chi connectivity index (χ1n) is 4.95. The normalized spacial score (nSPS) is 11.9. The van der Waals surface area contributed by atoms with E-state index < -0.39 is 24.3 Å². The number of carbonyl (C=O) groups is 2. The van der Waals surface area contributed by atoms with Crippen LogP contribution < -0.4 is 11.1 Å². The Morgan fingerprint density at radius 2 is 2.18 bits per heavy atom. The van der Waals surface area contributed by atoms with E-state index in [0.29, 0.717) is 10.7 Å². The Labute approximate surface area is 104 Å². The van der Waals surface area contributed by atoms with Crippen LogP contribution in [0.1, 0.15) is 12.0 Å². The van der Waals surface area contributed by atoms with Crippen molar-refractivity contribution in [3.05, 3.63) is 28.8 Å². The molecule has 1 rings (SSSR count). The predicted molar refractivity (Wildman–Crippen MR) is 65.0 cm³/mol. The SMILES string of the molecule is Cc1cccc(Cl)c1NC(=O)C(N)CC(=O)O. The lowest BCUT2D eigenvalue weighted by Gasteiger charge is -2.13. The Kier molecular flexibility index (Phi) is 4.48. The van der Waals surface area contributed by atoms with Crippen molar-refractivity contribution < 1.29 is 14.7 Å². The van der Waals surface area contributed by atoms with Crippen LogP contribution in [0.4, 0.5) is 5.69 Å². The summed E-state index contributed by atoms with van der Waals surface area (Å²) in [5.41, 5.74) is 6.67. The summed E-state index contributed by atoms with van der Waals surface area (Å²) in [4.78, 5) is 22.0. The third-order valence-corrected chi connectivity index (χ3v) is 2.52. The largest absolute Gasteiger partial charge is 0.481 e. The van der Waals surface area contributed by atoms with Gasteiger partial charge in [0, 0.05) is 0 Å². The lowest BCUT2D eigenvalue weighted by Crippen LogP contribution is -2.37. The molecule has 1 aromatic rings. The lowest BCUT2D eigenvalue weighted by atomic mass is 10.1.